The predicted octanol–water partition coefficient (Wildman–Crippen LogP) is 4.42. The van der Waals surface area contributed by atoms with E-state index in [0.29, 0.717) is 11.7 Å². The van der Waals surface area contributed by atoms with Gasteiger partial charge in [0.05, 0.1) is 16.8 Å². The average molecular weight is 325 g/mol. The highest BCUT2D eigenvalue weighted by Crippen LogP contribution is 2.24. The highest BCUT2D eigenvalue weighted by molar-refractivity contribution is 7.99. The van der Waals surface area contributed by atoms with Crippen LogP contribution in [0.1, 0.15) is 25.3 Å². The van der Waals surface area contributed by atoms with Gasteiger partial charge in [-0.1, -0.05) is 55.9 Å². The number of amides is 1. The van der Waals surface area contributed by atoms with Crippen LogP contribution in [0.3, 0.4) is 0 Å². The van der Waals surface area contributed by atoms with Gasteiger partial charge in [0.2, 0.25) is 5.91 Å². The van der Waals surface area contributed by atoms with Crippen molar-refractivity contribution in [2.45, 2.75) is 24.9 Å². The third-order valence-corrected chi connectivity index (χ3v) is 4.44. The number of thioether (sulfide) groups is 1. The van der Waals surface area contributed by atoms with Crippen molar-refractivity contribution < 1.29 is 4.79 Å². The van der Waals surface area contributed by atoms with Crippen molar-refractivity contribution in [2.24, 2.45) is 0 Å². The molecule has 0 spiro atoms. The van der Waals surface area contributed by atoms with Crippen molar-refractivity contribution in [1.82, 2.24) is 9.97 Å². The molecule has 0 aliphatic carbocycles. The molecule has 0 saturated heterocycles. The first-order chi connectivity index (χ1) is 11.1. The Bertz CT molecular complexity index is 793. The Morgan fingerprint density at radius 2 is 1.91 bits per heavy atom. The van der Waals surface area contributed by atoms with Crippen LogP contribution < -0.4 is 5.32 Å². The first-order valence-electron chi connectivity index (χ1n) is 7.60. The molecular weight excluding hydrogens is 306 g/mol. The molecule has 23 heavy (non-hydrogen) atoms. The van der Waals surface area contributed by atoms with Gasteiger partial charge in [-0.25, -0.2) is 4.98 Å². The number of anilines is 1. The molecule has 5 heteroatoms. The Kier molecular flexibility index (Phi) is 4.67. The summed E-state index contributed by atoms with van der Waals surface area (Å²) in [5.74, 6) is 0.671. The normalized spacial score (nSPS) is 11.1. The number of carbonyl (C=O) groups is 1. The fourth-order valence-corrected chi connectivity index (χ4v) is 3.12. The Labute approximate surface area is 139 Å². The Morgan fingerprint density at radius 1 is 1.17 bits per heavy atom. The number of aromatic amines is 1. The third-order valence-electron chi connectivity index (χ3n) is 3.56. The summed E-state index contributed by atoms with van der Waals surface area (Å²) in [7, 11) is 0. The number of fused-ring (bicyclic) bond motifs is 1. The van der Waals surface area contributed by atoms with Gasteiger partial charge in [-0.05, 0) is 29.7 Å². The van der Waals surface area contributed by atoms with Gasteiger partial charge >= 0.3 is 0 Å². The molecule has 3 aromatic rings. The van der Waals surface area contributed by atoms with Crippen LogP contribution in [0.15, 0.2) is 53.7 Å². The van der Waals surface area contributed by atoms with E-state index in [0.717, 1.165) is 27.4 Å². The largest absolute Gasteiger partial charge is 0.333 e. The van der Waals surface area contributed by atoms with E-state index in [4.69, 9.17) is 0 Å². The first-order valence-corrected chi connectivity index (χ1v) is 8.58. The monoisotopic (exact) mass is 325 g/mol. The van der Waals surface area contributed by atoms with Gasteiger partial charge in [-0.2, -0.15) is 0 Å². The van der Waals surface area contributed by atoms with Crippen LogP contribution in [0.5, 0.6) is 0 Å². The van der Waals surface area contributed by atoms with Gasteiger partial charge in [0.25, 0.3) is 0 Å². The number of imidazole rings is 1. The smallest absolute Gasteiger partial charge is 0.234 e. The summed E-state index contributed by atoms with van der Waals surface area (Å²) in [4.78, 5) is 19.9. The average Bonchev–Trinajstić information content (AvgIpc) is 2.96. The highest BCUT2D eigenvalue weighted by Gasteiger charge is 2.10. The lowest BCUT2D eigenvalue weighted by Gasteiger charge is -2.13. The zero-order valence-electron chi connectivity index (χ0n) is 13.2. The van der Waals surface area contributed by atoms with Crippen molar-refractivity contribution in [3.63, 3.8) is 0 Å². The number of benzene rings is 2. The molecule has 0 unspecified atom stereocenters. The minimum Gasteiger partial charge on any atom is -0.333 e. The minimum atomic E-state index is -0.0245. The van der Waals surface area contributed by atoms with Gasteiger partial charge in [0.1, 0.15) is 0 Å². The molecule has 118 valence electrons. The van der Waals surface area contributed by atoms with E-state index in [2.05, 4.69) is 29.1 Å². The number of H-pyrrole nitrogens is 1. The van der Waals surface area contributed by atoms with Crippen molar-refractivity contribution in [1.29, 1.82) is 0 Å². The van der Waals surface area contributed by atoms with Crippen molar-refractivity contribution in [3.05, 3.63) is 54.1 Å². The summed E-state index contributed by atoms with van der Waals surface area (Å²) in [6.07, 6.45) is 0. The van der Waals surface area contributed by atoms with Crippen molar-refractivity contribution >= 4 is 34.4 Å². The van der Waals surface area contributed by atoms with Gasteiger partial charge < -0.3 is 10.3 Å². The second-order valence-electron chi connectivity index (χ2n) is 5.64. The van der Waals surface area contributed by atoms with E-state index in [9.17, 15) is 4.79 Å². The minimum absolute atomic E-state index is 0.0245. The van der Waals surface area contributed by atoms with Gasteiger partial charge in [-0.15, -0.1) is 0 Å². The third kappa shape index (κ3) is 3.74. The number of rotatable bonds is 5. The quantitative estimate of drug-likeness (QED) is 0.683. The fourth-order valence-electron chi connectivity index (χ4n) is 2.43. The summed E-state index contributed by atoms with van der Waals surface area (Å²) < 4.78 is 0. The first kappa shape index (κ1) is 15.6. The number of aromatic nitrogens is 2. The maximum atomic E-state index is 12.2. The van der Waals surface area contributed by atoms with Crippen LogP contribution in [0.2, 0.25) is 0 Å². The van der Waals surface area contributed by atoms with Gasteiger partial charge in [-0.3, -0.25) is 4.79 Å². The van der Waals surface area contributed by atoms with E-state index >= 15 is 0 Å². The summed E-state index contributed by atoms with van der Waals surface area (Å²) in [5, 5.41) is 3.76. The van der Waals surface area contributed by atoms with Crippen molar-refractivity contribution in [3.8, 4) is 0 Å². The van der Waals surface area contributed by atoms with Crippen LogP contribution in [0.25, 0.3) is 11.0 Å². The van der Waals surface area contributed by atoms with Crippen molar-refractivity contribution in [2.75, 3.05) is 11.1 Å². The molecular formula is C18H19N3OS. The van der Waals surface area contributed by atoms with Crippen LogP contribution >= 0.6 is 11.8 Å². The molecule has 4 nitrogen and oxygen atoms in total. The molecule has 2 aromatic carbocycles. The summed E-state index contributed by atoms with van der Waals surface area (Å²) in [6.45, 7) is 4.24. The zero-order valence-corrected chi connectivity index (χ0v) is 14.0. The van der Waals surface area contributed by atoms with Crippen LogP contribution in [0, 0.1) is 0 Å². The molecule has 3 rings (SSSR count). The molecule has 1 heterocycles. The predicted molar refractivity (Wildman–Crippen MR) is 96.0 cm³/mol. The lowest BCUT2D eigenvalue weighted by atomic mass is 10.0. The fraction of sp³-hybridized carbons (Fsp3) is 0.222. The van der Waals surface area contributed by atoms with E-state index in [1.165, 1.54) is 11.8 Å². The molecule has 1 amide bonds. The summed E-state index contributed by atoms with van der Waals surface area (Å²) in [5.41, 5.74) is 3.94. The maximum absolute atomic E-state index is 12.2. The standard InChI is InChI=1S/C18H19N3OS/c1-12(2)13-7-3-4-8-14(13)19-17(22)11-23-18-20-15-9-5-6-10-16(15)21-18/h3-10,12H,11H2,1-2H3,(H,19,22)(H,20,21). The molecule has 0 atom stereocenters. The van der Waals surface area contributed by atoms with Gasteiger partial charge in [0.15, 0.2) is 5.16 Å². The maximum Gasteiger partial charge on any atom is 0.234 e. The molecule has 0 radical (unpaired) electrons. The van der Waals surface area contributed by atoms with Crippen LogP contribution in [0.4, 0.5) is 5.69 Å². The Hall–Kier alpha value is -2.27. The Morgan fingerprint density at radius 3 is 2.70 bits per heavy atom. The molecule has 0 aliphatic heterocycles. The number of hydrogen-bond donors (Lipinski definition) is 2. The molecule has 0 bridgehead atoms. The van der Waals surface area contributed by atoms with Crippen LogP contribution in [-0.4, -0.2) is 21.6 Å². The lowest BCUT2D eigenvalue weighted by molar-refractivity contribution is -0.113. The summed E-state index contributed by atoms with van der Waals surface area (Å²) in [6, 6.07) is 15.8. The lowest BCUT2D eigenvalue weighted by Crippen LogP contribution is -2.15. The molecule has 2 N–H and O–H groups in total. The number of nitrogens with one attached hydrogen (secondary N) is 2. The second kappa shape index (κ2) is 6.87. The van der Waals surface area contributed by atoms with E-state index < -0.39 is 0 Å². The van der Waals surface area contributed by atoms with E-state index in [1.54, 1.807) is 0 Å². The van der Waals surface area contributed by atoms with Crippen LogP contribution in [-0.2, 0) is 4.79 Å². The molecule has 0 aliphatic rings. The topological polar surface area (TPSA) is 57.8 Å². The molecule has 1 aromatic heterocycles. The van der Waals surface area contributed by atoms with Gasteiger partial charge in [0, 0.05) is 5.69 Å². The second-order valence-corrected chi connectivity index (χ2v) is 6.60. The highest BCUT2D eigenvalue weighted by atomic mass is 32.2. The number of carbonyl (C=O) groups excluding carboxylic acids is 1. The summed E-state index contributed by atoms with van der Waals surface area (Å²) >= 11 is 1.41. The number of para-hydroxylation sites is 3. The number of nitrogens with zero attached hydrogens (tertiary/aromatic N) is 1. The van der Waals surface area contributed by atoms with E-state index in [1.807, 2.05) is 48.5 Å². The Balaban J connectivity index is 1.64. The zero-order chi connectivity index (χ0) is 16.2. The SMILES string of the molecule is CC(C)c1ccccc1NC(=O)CSc1nc2ccccc2[nH]1. The molecule has 0 fully saturated rings. The molecule has 0 saturated carbocycles. The number of hydrogen-bond acceptors (Lipinski definition) is 3. The van der Waals surface area contributed by atoms with E-state index in [-0.39, 0.29) is 5.91 Å².